The Labute approximate surface area is 104 Å². The third kappa shape index (κ3) is 3.17. The first-order valence-electron chi connectivity index (χ1n) is 5.33. The Kier molecular flexibility index (Phi) is 4.61. The Balaban J connectivity index is 3.02. The fourth-order valence-electron chi connectivity index (χ4n) is 1.34. The second-order valence-corrected chi connectivity index (χ2v) is 3.75. The van der Waals surface area contributed by atoms with Crippen molar-refractivity contribution in [3.8, 4) is 5.75 Å². The number of nitro groups is 1. The summed E-state index contributed by atoms with van der Waals surface area (Å²) in [7, 11) is 1.35. The lowest BCUT2D eigenvalue weighted by molar-refractivity contribution is -0.384. The first-order chi connectivity index (χ1) is 8.49. The molecule has 1 atom stereocenters. The van der Waals surface area contributed by atoms with E-state index in [1.807, 2.05) is 0 Å². The number of hydrogen-bond acceptors (Lipinski definition) is 5. The summed E-state index contributed by atoms with van der Waals surface area (Å²) in [5, 5.41) is 13.3. The minimum Gasteiger partial charge on any atom is -0.496 e. The second-order valence-electron chi connectivity index (χ2n) is 3.75. The molecular weight excluding hydrogens is 238 g/mol. The van der Waals surface area contributed by atoms with Gasteiger partial charge in [0.1, 0.15) is 5.75 Å². The van der Waals surface area contributed by atoms with Crippen molar-refractivity contribution in [2.75, 3.05) is 13.7 Å². The van der Waals surface area contributed by atoms with Crippen LogP contribution in [0.25, 0.3) is 0 Å². The van der Waals surface area contributed by atoms with Gasteiger partial charge in [-0.25, -0.2) is 0 Å². The van der Waals surface area contributed by atoms with E-state index in [0.717, 1.165) is 0 Å². The van der Waals surface area contributed by atoms with Gasteiger partial charge in [0.25, 0.3) is 11.6 Å². The van der Waals surface area contributed by atoms with Gasteiger partial charge in [0, 0.05) is 18.7 Å². The van der Waals surface area contributed by atoms with Crippen molar-refractivity contribution in [2.45, 2.75) is 13.0 Å². The van der Waals surface area contributed by atoms with Gasteiger partial charge in [-0.05, 0) is 13.0 Å². The summed E-state index contributed by atoms with van der Waals surface area (Å²) in [4.78, 5) is 21.9. The zero-order chi connectivity index (χ0) is 13.7. The number of nitro benzene ring substituents is 1. The molecule has 1 rings (SSSR count). The van der Waals surface area contributed by atoms with E-state index in [-0.39, 0.29) is 28.9 Å². The molecule has 1 aromatic rings. The number of carbonyl (C=O) groups excluding carboxylic acids is 1. The molecule has 0 aliphatic rings. The summed E-state index contributed by atoms with van der Waals surface area (Å²) in [6.07, 6.45) is 0. The molecule has 0 aliphatic heterocycles. The predicted octanol–water partition coefficient (Wildman–Crippen LogP) is 0.680. The number of hydrogen-bond donors (Lipinski definition) is 2. The molecule has 1 aromatic carbocycles. The fraction of sp³-hybridized carbons (Fsp3) is 0.364. The SMILES string of the molecule is COc1cc([N+](=O)[O-])ccc1C(=O)N[C@H](C)CN. The van der Waals surface area contributed by atoms with Crippen LogP contribution < -0.4 is 15.8 Å². The van der Waals surface area contributed by atoms with Gasteiger partial charge in [0.05, 0.1) is 23.7 Å². The molecule has 98 valence electrons. The van der Waals surface area contributed by atoms with Crippen LogP contribution in [0.1, 0.15) is 17.3 Å². The molecule has 0 saturated heterocycles. The molecule has 0 aliphatic carbocycles. The van der Waals surface area contributed by atoms with Crippen LogP contribution >= 0.6 is 0 Å². The summed E-state index contributed by atoms with van der Waals surface area (Å²) < 4.78 is 4.98. The zero-order valence-electron chi connectivity index (χ0n) is 10.2. The highest BCUT2D eigenvalue weighted by atomic mass is 16.6. The number of non-ortho nitro benzene ring substituents is 1. The summed E-state index contributed by atoms with van der Waals surface area (Å²) in [5.41, 5.74) is 5.51. The number of carbonyl (C=O) groups is 1. The topological polar surface area (TPSA) is 107 Å². The van der Waals surface area contributed by atoms with Gasteiger partial charge in [-0.3, -0.25) is 14.9 Å². The zero-order valence-corrected chi connectivity index (χ0v) is 10.2. The van der Waals surface area contributed by atoms with E-state index in [9.17, 15) is 14.9 Å². The Bertz CT molecular complexity index is 462. The van der Waals surface area contributed by atoms with Crippen LogP contribution in [0.3, 0.4) is 0 Å². The largest absolute Gasteiger partial charge is 0.496 e. The molecule has 0 unspecified atom stereocenters. The smallest absolute Gasteiger partial charge is 0.273 e. The van der Waals surface area contributed by atoms with Crippen LogP contribution in [-0.4, -0.2) is 30.5 Å². The monoisotopic (exact) mass is 253 g/mol. The Hall–Kier alpha value is -2.15. The number of methoxy groups -OCH3 is 1. The molecule has 7 nitrogen and oxygen atoms in total. The van der Waals surface area contributed by atoms with Crippen LogP contribution in [0.15, 0.2) is 18.2 Å². The maximum absolute atomic E-state index is 11.9. The average Bonchev–Trinajstić information content (AvgIpc) is 2.37. The van der Waals surface area contributed by atoms with Crippen LogP contribution in [0.2, 0.25) is 0 Å². The van der Waals surface area contributed by atoms with Crippen molar-refractivity contribution in [3.05, 3.63) is 33.9 Å². The molecule has 0 spiro atoms. The van der Waals surface area contributed by atoms with Crippen LogP contribution in [0.5, 0.6) is 5.75 Å². The lowest BCUT2D eigenvalue weighted by atomic mass is 10.1. The van der Waals surface area contributed by atoms with E-state index >= 15 is 0 Å². The van der Waals surface area contributed by atoms with Crippen LogP contribution in [0, 0.1) is 10.1 Å². The quantitative estimate of drug-likeness (QED) is 0.592. The maximum atomic E-state index is 11.9. The molecule has 7 heteroatoms. The number of benzene rings is 1. The lowest BCUT2D eigenvalue weighted by Gasteiger charge is -2.13. The van der Waals surface area contributed by atoms with E-state index in [1.54, 1.807) is 6.92 Å². The molecule has 0 fully saturated rings. The molecule has 0 saturated carbocycles. The van der Waals surface area contributed by atoms with Crippen molar-refractivity contribution in [1.82, 2.24) is 5.32 Å². The minimum atomic E-state index is -0.549. The number of amides is 1. The van der Waals surface area contributed by atoms with E-state index in [0.29, 0.717) is 6.54 Å². The van der Waals surface area contributed by atoms with Crippen molar-refractivity contribution >= 4 is 11.6 Å². The first kappa shape index (κ1) is 13.9. The van der Waals surface area contributed by atoms with Gasteiger partial charge in [-0.2, -0.15) is 0 Å². The maximum Gasteiger partial charge on any atom is 0.273 e. The summed E-state index contributed by atoms with van der Waals surface area (Å²) in [5.74, 6) is -0.217. The summed E-state index contributed by atoms with van der Waals surface area (Å²) in [6.45, 7) is 2.07. The number of nitrogens with two attached hydrogens (primary N) is 1. The van der Waals surface area contributed by atoms with Gasteiger partial charge in [0.15, 0.2) is 0 Å². The van der Waals surface area contributed by atoms with Gasteiger partial charge in [-0.15, -0.1) is 0 Å². The minimum absolute atomic E-state index is 0.129. The highest BCUT2D eigenvalue weighted by molar-refractivity contribution is 5.97. The van der Waals surface area contributed by atoms with Crippen molar-refractivity contribution < 1.29 is 14.5 Å². The number of nitrogens with one attached hydrogen (secondary N) is 1. The van der Waals surface area contributed by atoms with Gasteiger partial charge in [-0.1, -0.05) is 0 Å². The fourth-order valence-corrected chi connectivity index (χ4v) is 1.34. The van der Waals surface area contributed by atoms with E-state index in [4.69, 9.17) is 10.5 Å². The Morgan fingerprint density at radius 1 is 1.61 bits per heavy atom. The summed E-state index contributed by atoms with van der Waals surface area (Å²) in [6, 6.07) is 3.64. The van der Waals surface area contributed by atoms with Gasteiger partial charge < -0.3 is 15.8 Å². The molecule has 0 heterocycles. The van der Waals surface area contributed by atoms with Crippen molar-refractivity contribution in [1.29, 1.82) is 0 Å². The van der Waals surface area contributed by atoms with Crippen molar-refractivity contribution in [3.63, 3.8) is 0 Å². The molecule has 0 radical (unpaired) electrons. The second kappa shape index (κ2) is 5.97. The number of ether oxygens (including phenoxy) is 1. The molecule has 1 amide bonds. The third-order valence-corrected chi connectivity index (χ3v) is 2.37. The third-order valence-electron chi connectivity index (χ3n) is 2.37. The highest BCUT2D eigenvalue weighted by Gasteiger charge is 2.17. The van der Waals surface area contributed by atoms with Gasteiger partial charge in [0.2, 0.25) is 0 Å². The molecule has 3 N–H and O–H groups in total. The van der Waals surface area contributed by atoms with Gasteiger partial charge >= 0.3 is 0 Å². The molecule has 0 bridgehead atoms. The lowest BCUT2D eigenvalue weighted by Crippen LogP contribution is -2.37. The summed E-state index contributed by atoms with van der Waals surface area (Å²) >= 11 is 0. The number of rotatable bonds is 5. The molecule has 18 heavy (non-hydrogen) atoms. The van der Waals surface area contributed by atoms with Crippen molar-refractivity contribution in [2.24, 2.45) is 5.73 Å². The predicted molar refractivity (Wildman–Crippen MR) is 65.6 cm³/mol. The molecule has 0 aromatic heterocycles. The van der Waals surface area contributed by atoms with Crippen LogP contribution in [-0.2, 0) is 0 Å². The average molecular weight is 253 g/mol. The Morgan fingerprint density at radius 2 is 2.28 bits per heavy atom. The normalized spacial score (nSPS) is 11.7. The van der Waals surface area contributed by atoms with E-state index < -0.39 is 4.92 Å². The van der Waals surface area contributed by atoms with Crippen LogP contribution in [0.4, 0.5) is 5.69 Å². The first-order valence-corrected chi connectivity index (χ1v) is 5.33. The van der Waals surface area contributed by atoms with E-state index in [1.165, 1.54) is 25.3 Å². The molecular formula is C11H15N3O4. The number of nitrogens with zero attached hydrogens (tertiary/aromatic N) is 1. The van der Waals surface area contributed by atoms with E-state index in [2.05, 4.69) is 5.32 Å². The highest BCUT2D eigenvalue weighted by Crippen LogP contribution is 2.24. The Morgan fingerprint density at radius 3 is 2.78 bits per heavy atom. The standard InChI is InChI=1S/C11H15N3O4/c1-7(6-12)13-11(15)9-4-3-8(14(16)17)5-10(9)18-2/h3-5,7H,6,12H2,1-2H3,(H,13,15)/t7-/m1/s1.